The maximum Gasteiger partial charge on any atom is 0.326 e. The fraction of sp³-hybridized carbons (Fsp3) is 0.714. The molecule has 0 aliphatic rings. The van der Waals surface area contributed by atoms with Gasteiger partial charge in [-0.1, -0.05) is 6.92 Å². The molecule has 12 heavy (non-hydrogen) atoms. The van der Waals surface area contributed by atoms with Crippen LogP contribution >= 0.6 is 0 Å². The molecular formula is C7H14N2O3. The van der Waals surface area contributed by atoms with E-state index >= 15 is 0 Å². The van der Waals surface area contributed by atoms with Crippen molar-refractivity contribution in [2.75, 3.05) is 14.1 Å². The normalized spacial score (nSPS) is 11.9. The van der Waals surface area contributed by atoms with Crippen molar-refractivity contribution in [2.45, 2.75) is 19.4 Å². The van der Waals surface area contributed by atoms with E-state index in [0.717, 1.165) is 0 Å². The molecule has 0 aromatic carbocycles. The van der Waals surface area contributed by atoms with Gasteiger partial charge in [0.05, 0.1) is 0 Å². The number of urea groups is 1. The Morgan fingerprint density at radius 2 is 2.08 bits per heavy atom. The van der Waals surface area contributed by atoms with E-state index < -0.39 is 12.0 Å². The van der Waals surface area contributed by atoms with Crippen LogP contribution in [0.5, 0.6) is 0 Å². The van der Waals surface area contributed by atoms with Gasteiger partial charge in [-0.05, 0) is 6.42 Å². The third kappa shape index (κ3) is 2.41. The molecule has 0 radical (unpaired) electrons. The fourth-order valence-corrected chi connectivity index (χ4v) is 0.932. The first-order chi connectivity index (χ1) is 5.54. The summed E-state index contributed by atoms with van der Waals surface area (Å²) in [5, 5.41) is 11.0. The molecule has 5 heteroatoms. The lowest BCUT2D eigenvalue weighted by Gasteiger charge is -2.22. The largest absolute Gasteiger partial charge is 0.480 e. The minimum atomic E-state index is -0.983. The van der Waals surface area contributed by atoms with E-state index in [4.69, 9.17) is 5.11 Å². The quantitative estimate of drug-likeness (QED) is 0.638. The third-order valence-electron chi connectivity index (χ3n) is 1.67. The van der Waals surface area contributed by atoms with E-state index in [9.17, 15) is 9.59 Å². The van der Waals surface area contributed by atoms with Crippen molar-refractivity contribution >= 4 is 12.0 Å². The maximum absolute atomic E-state index is 11.0. The van der Waals surface area contributed by atoms with Crippen LogP contribution in [-0.4, -0.2) is 42.1 Å². The predicted octanol–water partition coefficient (Wildman–Crippen LogP) is 0.121. The van der Waals surface area contributed by atoms with Crippen LogP contribution in [0, 0.1) is 0 Å². The summed E-state index contributed by atoms with van der Waals surface area (Å²) in [4.78, 5) is 22.7. The van der Waals surface area contributed by atoms with Gasteiger partial charge in [-0.3, -0.25) is 0 Å². The van der Waals surface area contributed by atoms with Gasteiger partial charge in [0.2, 0.25) is 0 Å². The highest BCUT2D eigenvalue weighted by molar-refractivity contribution is 5.82. The maximum atomic E-state index is 11.0. The Balaban J connectivity index is 4.30. The van der Waals surface area contributed by atoms with Gasteiger partial charge in [0.1, 0.15) is 6.04 Å². The smallest absolute Gasteiger partial charge is 0.326 e. The summed E-state index contributed by atoms with van der Waals surface area (Å²) in [5.41, 5.74) is 0. The van der Waals surface area contributed by atoms with E-state index in [1.807, 2.05) is 0 Å². The molecule has 0 saturated heterocycles. The first-order valence-corrected chi connectivity index (χ1v) is 3.71. The number of nitrogens with zero attached hydrogens (tertiary/aromatic N) is 1. The molecule has 0 bridgehead atoms. The van der Waals surface area contributed by atoms with Crippen molar-refractivity contribution in [3.8, 4) is 0 Å². The Morgan fingerprint density at radius 1 is 1.58 bits per heavy atom. The topological polar surface area (TPSA) is 69.6 Å². The SMILES string of the molecule is CCC(C(=O)O)N(C)C(=O)NC. The van der Waals surface area contributed by atoms with Gasteiger partial charge in [-0.2, -0.15) is 0 Å². The molecule has 0 heterocycles. The number of nitrogens with one attached hydrogen (secondary N) is 1. The Bertz CT molecular complexity index is 181. The minimum absolute atomic E-state index is 0.385. The van der Waals surface area contributed by atoms with Crippen molar-refractivity contribution in [3.63, 3.8) is 0 Å². The summed E-state index contributed by atoms with van der Waals surface area (Å²) < 4.78 is 0. The summed E-state index contributed by atoms with van der Waals surface area (Å²) in [6.45, 7) is 1.72. The molecule has 0 fully saturated rings. The Kier molecular flexibility index (Phi) is 4.10. The molecule has 2 N–H and O–H groups in total. The molecule has 0 aliphatic heterocycles. The summed E-state index contributed by atoms with van der Waals surface area (Å²) in [6.07, 6.45) is 0.402. The van der Waals surface area contributed by atoms with Crippen LogP contribution in [0.3, 0.4) is 0 Å². The van der Waals surface area contributed by atoms with Crippen molar-refractivity contribution in [1.82, 2.24) is 10.2 Å². The highest BCUT2D eigenvalue weighted by Crippen LogP contribution is 2.01. The van der Waals surface area contributed by atoms with Crippen molar-refractivity contribution in [1.29, 1.82) is 0 Å². The summed E-state index contributed by atoms with van der Waals surface area (Å²) >= 11 is 0. The zero-order chi connectivity index (χ0) is 9.72. The number of carboxylic acid groups (broad SMARTS) is 1. The lowest BCUT2D eigenvalue weighted by atomic mass is 10.2. The van der Waals surface area contributed by atoms with E-state index in [1.165, 1.54) is 19.0 Å². The molecule has 0 saturated carbocycles. The predicted molar refractivity (Wildman–Crippen MR) is 43.9 cm³/mol. The monoisotopic (exact) mass is 174 g/mol. The van der Waals surface area contributed by atoms with E-state index in [1.54, 1.807) is 6.92 Å². The first kappa shape index (κ1) is 10.7. The molecule has 70 valence electrons. The van der Waals surface area contributed by atoms with E-state index in [0.29, 0.717) is 6.42 Å². The summed E-state index contributed by atoms with van der Waals surface area (Å²) in [7, 11) is 2.93. The second-order valence-electron chi connectivity index (χ2n) is 2.43. The summed E-state index contributed by atoms with van der Waals surface area (Å²) in [5.74, 6) is -0.983. The Hall–Kier alpha value is -1.26. The zero-order valence-electron chi connectivity index (χ0n) is 7.50. The molecule has 2 amide bonds. The van der Waals surface area contributed by atoms with Crippen LogP contribution in [0.15, 0.2) is 0 Å². The zero-order valence-corrected chi connectivity index (χ0v) is 7.50. The molecule has 1 atom stereocenters. The molecule has 5 nitrogen and oxygen atoms in total. The van der Waals surface area contributed by atoms with Gasteiger partial charge in [-0.15, -0.1) is 0 Å². The minimum Gasteiger partial charge on any atom is -0.480 e. The number of aliphatic carboxylic acids is 1. The summed E-state index contributed by atoms with van der Waals surface area (Å²) in [6, 6.07) is -1.13. The molecule has 0 aliphatic carbocycles. The van der Waals surface area contributed by atoms with Gasteiger partial charge >= 0.3 is 12.0 Å². The second-order valence-corrected chi connectivity index (χ2v) is 2.43. The average Bonchev–Trinajstić information content (AvgIpc) is 2.03. The molecule has 1 unspecified atom stereocenters. The van der Waals surface area contributed by atoms with Crippen molar-refractivity contribution < 1.29 is 14.7 Å². The lowest BCUT2D eigenvalue weighted by molar-refractivity contribution is -0.141. The van der Waals surface area contributed by atoms with Gasteiger partial charge in [0, 0.05) is 14.1 Å². The van der Waals surface area contributed by atoms with Crippen LogP contribution in [-0.2, 0) is 4.79 Å². The van der Waals surface area contributed by atoms with Gasteiger partial charge in [-0.25, -0.2) is 9.59 Å². The number of carbonyl (C=O) groups is 2. The second kappa shape index (κ2) is 4.58. The standard InChI is InChI=1S/C7H14N2O3/c1-4-5(6(10)11)9(3)7(12)8-2/h5H,4H2,1-3H3,(H,8,12)(H,10,11). The van der Waals surface area contributed by atoms with Gasteiger partial charge < -0.3 is 15.3 Å². The molecule has 0 spiro atoms. The van der Waals surface area contributed by atoms with Crippen LogP contribution in [0.2, 0.25) is 0 Å². The third-order valence-corrected chi connectivity index (χ3v) is 1.67. The molecule has 0 aromatic rings. The molecule has 0 aromatic heterocycles. The Labute approximate surface area is 71.4 Å². The highest BCUT2D eigenvalue weighted by atomic mass is 16.4. The Morgan fingerprint density at radius 3 is 2.33 bits per heavy atom. The van der Waals surface area contributed by atoms with E-state index in [-0.39, 0.29) is 6.03 Å². The van der Waals surface area contributed by atoms with Crippen LogP contribution in [0.4, 0.5) is 4.79 Å². The number of carboxylic acids is 1. The number of carbonyl (C=O) groups excluding carboxylic acids is 1. The highest BCUT2D eigenvalue weighted by Gasteiger charge is 2.23. The average molecular weight is 174 g/mol. The number of hydrogen-bond acceptors (Lipinski definition) is 2. The van der Waals surface area contributed by atoms with Gasteiger partial charge in [0.15, 0.2) is 0 Å². The first-order valence-electron chi connectivity index (χ1n) is 3.71. The van der Waals surface area contributed by atoms with Gasteiger partial charge in [0.25, 0.3) is 0 Å². The fourth-order valence-electron chi connectivity index (χ4n) is 0.932. The lowest BCUT2D eigenvalue weighted by Crippen LogP contribution is -2.45. The number of hydrogen-bond donors (Lipinski definition) is 2. The number of rotatable bonds is 3. The number of likely N-dealkylation sites (N-methyl/N-ethyl adjacent to an activating group) is 1. The molecular weight excluding hydrogens is 160 g/mol. The van der Waals surface area contributed by atoms with Crippen LogP contribution < -0.4 is 5.32 Å². The number of amides is 2. The van der Waals surface area contributed by atoms with Crippen LogP contribution in [0.1, 0.15) is 13.3 Å². The van der Waals surface area contributed by atoms with Crippen molar-refractivity contribution in [3.05, 3.63) is 0 Å². The van der Waals surface area contributed by atoms with E-state index in [2.05, 4.69) is 5.32 Å². The van der Waals surface area contributed by atoms with Crippen molar-refractivity contribution in [2.24, 2.45) is 0 Å². The van der Waals surface area contributed by atoms with Crippen LogP contribution in [0.25, 0.3) is 0 Å². The molecule has 0 rings (SSSR count).